The van der Waals surface area contributed by atoms with E-state index >= 15 is 0 Å². The Bertz CT molecular complexity index is 949. The summed E-state index contributed by atoms with van der Waals surface area (Å²) in [5.41, 5.74) is 1.33. The standard InChI is InChI=1S/C16H15FN4O3/c1-9-7-13(10(2)14(17)15(9)22)24-8-11-5-3-4-6-12(11)21-16(23)18-19-20-21/h3-7,22H,8H2,1-2H3,(H,18,20,23). The normalized spacial score (nSPS) is 10.8. The molecule has 2 N–H and O–H groups in total. The first-order valence-electron chi connectivity index (χ1n) is 7.19. The number of rotatable bonds is 4. The summed E-state index contributed by atoms with van der Waals surface area (Å²) in [7, 11) is 0. The van der Waals surface area contributed by atoms with E-state index in [1.807, 2.05) is 0 Å². The fourth-order valence-electron chi connectivity index (χ4n) is 2.33. The summed E-state index contributed by atoms with van der Waals surface area (Å²) in [5.74, 6) is -0.759. The predicted molar refractivity (Wildman–Crippen MR) is 83.9 cm³/mol. The molecule has 0 aliphatic rings. The third-order valence-electron chi connectivity index (χ3n) is 3.70. The van der Waals surface area contributed by atoms with Crippen molar-refractivity contribution in [2.24, 2.45) is 0 Å². The summed E-state index contributed by atoms with van der Waals surface area (Å²) in [5, 5.41) is 19.0. The van der Waals surface area contributed by atoms with Crippen molar-refractivity contribution in [3.05, 3.63) is 63.3 Å². The van der Waals surface area contributed by atoms with E-state index < -0.39 is 11.5 Å². The minimum Gasteiger partial charge on any atom is -0.505 e. The van der Waals surface area contributed by atoms with Crippen LogP contribution in [-0.4, -0.2) is 25.3 Å². The van der Waals surface area contributed by atoms with E-state index in [1.54, 1.807) is 37.3 Å². The molecule has 0 spiro atoms. The lowest BCUT2D eigenvalue weighted by Gasteiger charge is -2.14. The first kappa shape index (κ1) is 15.7. The van der Waals surface area contributed by atoms with Crippen molar-refractivity contribution in [1.29, 1.82) is 0 Å². The lowest BCUT2D eigenvalue weighted by Crippen LogP contribution is -2.18. The molecule has 2 aromatic carbocycles. The van der Waals surface area contributed by atoms with Gasteiger partial charge in [0.15, 0.2) is 11.6 Å². The predicted octanol–water partition coefficient (Wildman–Crippen LogP) is 2.00. The van der Waals surface area contributed by atoms with Gasteiger partial charge in [0, 0.05) is 11.1 Å². The fourth-order valence-corrected chi connectivity index (χ4v) is 2.33. The van der Waals surface area contributed by atoms with Gasteiger partial charge in [-0.15, -0.1) is 0 Å². The fraction of sp³-hybridized carbons (Fsp3) is 0.188. The van der Waals surface area contributed by atoms with Crippen LogP contribution in [0.15, 0.2) is 35.1 Å². The number of aryl methyl sites for hydroxylation is 1. The smallest absolute Gasteiger partial charge is 0.365 e. The molecule has 0 bridgehead atoms. The molecule has 8 heteroatoms. The number of ether oxygens (including phenoxy) is 1. The lowest BCUT2D eigenvalue weighted by molar-refractivity contribution is 0.299. The van der Waals surface area contributed by atoms with Crippen molar-refractivity contribution in [1.82, 2.24) is 20.2 Å². The Kier molecular flexibility index (Phi) is 4.03. The molecule has 0 saturated heterocycles. The van der Waals surface area contributed by atoms with Crippen LogP contribution in [0.3, 0.4) is 0 Å². The minimum absolute atomic E-state index is 0.0972. The van der Waals surface area contributed by atoms with Gasteiger partial charge >= 0.3 is 5.69 Å². The van der Waals surface area contributed by atoms with Gasteiger partial charge in [0.2, 0.25) is 0 Å². The van der Waals surface area contributed by atoms with Gasteiger partial charge in [-0.05, 0) is 42.0 Å². The summed E-state index contributed by atoms with van der Waals surface area (Å²) in [6.45, 7) is 3.21. The summed E-state index contributed by atoms with van der Waals surface area (Å²) >= 11 is 0. The topological polar surface area (TPSA) is 93.0 Å². The van der Waals surface area contributed by atoms with Crippen molar-refractivity contribution < 1.29 is 14.2 Å². The molecule has 24 heavy (non-hydrogen) atoms. The highest BCUT2D eigenvalue weighted by molar-refractivity contribution is 5.46. The average Bonchev–Trinajstić information content (AvgIpc) is 3.01. The van der Waals surface area contributed by atoms with Crippen LogP contribution in [0.25, 0.3) is 5.69 Å². The highest BCUT2D eigenvalue weighted by atomic mass is 19.1. The maximum absolute atomic E-state index is 13.9. The van der Waals surface area contributed by atoms with Crippen LogP contribution in [0, 0.1) is 19.7 Å². The van der Waals surface area contributed by atoms with Crippen LogP contribution >= 0.6 is 0 Å². The summed E-state index contributed by atoms with van der Waals surface area (Å²) in [6, 6.07) is 8.60. The number of hydrogen-bond acceptors (Lipinski definition) is 5. The van der Waals surface area contributed by atoms with E-state index in [1.165, 1.54) is 6.92 Å². The number of aromatic hydroxyl groups is 1. The van der Waals surface area contributed by atoms with Crippen LogP contribution in [0.4, 0.5) is 4.39 Å². The molecule has 0 fully saturated rings. The summed E-state index contributed by atoms with van der Waals surface area (Å²) in [4.78, 5) is 11.7. The van der Waals surface area contributed by atoms with Gasteiger partial charge in [0.1, 0.15) is 12.4 Å². The van der Waals surface area contributed by atoms with Gasteiger partial charge in [0.05, 0.1) is 5.69 Å². The highest BCUT2D eigenvalue weighted by Crippen LogP contribution is 2.31. The first-order chi connectivity index (χ1) is 11.5. The number of H-pyrrole nitrogens is 1. The molecule has 3 aromatic rings. The van der Waals surface area contributed by atoms with Crippen LogP contribution in [0.2, 0.25) is 0 Å². The summed E-state index contributed by atoms with van der Waals surface area (Å²) < 4.78 is 20.7. The lowest BCUT2D eigenvalue weighted by atomic mass is 10.1. The van der Waals surface area contributed by atoms with Crippen molar-refractivity contribution >= 4 is 0 Å². The van der Waals surface area contributed by atoms with Gasteiger partial charge < -0.3 is 9.84 Å². The number of nitrogens with one attached hydrogen (secondary N) is 1. The Morgan fingerprint density at radius 3 is 2.79 bits per heavy atom. The molecule has 3 rings (SSSR count). The molecular formula is C16H15FN4O3. The van der Waals surface area contributed by atoms with Crippen molar-refractivity contribution in [2.45, 2.75) is 20.5 Å². The maximum Gasteiger partial charge on any atom is 0.365 e. The molecule has 7 nitrogen and oxygen atoms in total. The van der Waals surface area contributed by atoms with Gasteiger partial charge in [-0.3, -0.25) is 0 Å². The number of tetrazole rings is 1. The van der Waals surface area contributed by atoms with Crippen molar-refractivity contribution in [3.8, 4) is 17.2 Å². The van der Waals surface area contributed by atoms with Crippen LogP contribution in [0.5, 0.6) is 11.5 Å². The van der Waals surface area contributed by atoms with E-state index in [0.29, 0.717) is 22.6 Å². The van der Waals surface area contributed by atoms with E-state index in [2.05, 4.69) is 15.5 Å². The third kappa shape index (κ3) is 2.73. The third-order valence-corrected chi connectivity index (χ3v) is 3.70. The molecular weight excluding hydrogens is 315 g/mol. The van der Waals surface area contributed by atoms with Gasteiger partial charge in [-0.25, -0.2) is 14.3 Å². The second kappa shape index (κ2) is 6.15. The molecule has 1 heterocycles. The molecule has 0 aliphatic heterocycles. The van der Waals surface area contributed by atoms with E-state index in [-0.39, 0.29) is 17.9 Å². The zero-order chi connectivity index (χ0) is 17.3. The SMILES string of the molecule is Cc1cc(OCc2ccccc2-n2nn[nH]c2=O)c(C)c(F)c1O. The molecule has 0 aliphatic carbocycles. The van der Waals surface area contributed by atoms with E-state index in [0.717, 1.165) is 4.68 Å². The number of phenols is 1. The highest BCUT2D eigenvalue weighted by Gasteiger charge is 2.15. The first-order valence-corrected chi connectivity index (χ1v) is 7.19. The number of phenolic OH excluding ortho intramolecular Hbond substituents is 1. The van der Waals surface area contributed by atoms with E-state index in [9.17, 15) is 14.3 Å². The molecule has 1 aromatic heterocycles. The quantitative estimate of drug-likeness (QED) is 0.763. The summed E-state index contributed by atoms with van der Waals surface area (Å²) in [6.07, 6.45) is 0. The number of aromatic amines is 1. The Morgan fingerprint density at radius 2 is 2.08 bits per heavy atom. The second-order valence-electron chi connectivity index (χ2n) is 5.31. The monoisotopic (exact) mass is 330 g/mol. The number of hydrogen-bond donors (Lipinski definition) is 2. The molecule has 0 saturated carbocycles. The molecule has 0 unspecified atom stereocenters. The molecule has 0 atom stereocenters. The molecule has 124 valence electrons. The Balaban J connectivity index is 1.92. The Hall–Kier alpha value is -3.16. The van der Waals surface area contributed by atoms with E-state index in [4.69, 9.17) is 4.74 Å². The number of aromatic nitrogens is 4. The van der Waals surface area contributed by atoms with Crippen LogP contribution in [0.1, 0.15) is 16.7 Å². The van der Waals surface area contributed by atoms with Crippen LogP contribution < -0.4 is 10.4 Å². The molecule has 0 radical (unpaired) electrons. The van der Waals surface area contributed by atoms with Gasteiger partial charge in [0.25, 0.3) is 0 Å². The Morgan fingerprint density at radius 1 is 1.33 bits per heavy atom. The second-order valence-corrected chi connectivity index (χ2v) is 5.31. The number of halogens is 1. The number of nitrogens with zero attached hydrogens (tertiary/aromatic N) is 3. The van der Waals surface area contributed by atoms with Crippen molar-refractivity contribution in [3.63, 3.8) is 0 Å². The van der Waals surface area contributed by atoms with Gasteiger partial charge in [-0.1, -0.05) is 18.2 Å². The zero-order valence-corrected chi connectivity index (χ0v) is 13.1. The molecule has 0 amide bonds. The Labute approximate surface area is 136 Å². The average molecular weight is 330 g/mol. The minimum atomic E-state index is -0.703. The largest absolute Gasteiger partial charge is 0.505 e. The number of benzene rings is 2. The maximum atomic E-state index is 13.9. The van der Waals surface area contributed by atoms with Gasteiger partial charge in [-0.2, -0.15) is 4.68 Å². The zero-order valence-electron chi connectivity index (χ0n) is 13.1. The van der Waals surface area contributed by atoms with Crippen LogP contribution in [-0.2, 0) is 6.61 Å². The number of para-hydroxylation sites is 1. The van der Waals surface area contributed by atoms with Crippen molar-refractivity contribution in [2.75, 3.05) is 0 Å².